The SMILES string of the molecule is Cc1ccc(C)c(NC(=O)CC2CCN(S(=O)(=O)c3ccc4c(c3)oc(=O)n4C)CC2)c1. The largest absolute Gasteiger partial charge is 0.419 e. The summed E-state index contributed by atoms with van der Waals surface area (Å²) in [5.74, 6) is -0.458. The van der Waals surface area contributed by atoms with Gasteiger partial charge in [-0.05, 0) is 61.9 Å². The summed E-state index contributed by atoms with van der Waals surface area (Å²) >= 11 is 0. The van der Waals surface area contributed by atoms with E-state index in [0.29, 0.717) is 37.9 Å². The third-order valence-corrected chi connectivity index (χ3v) is 8.01. The molecule has 0 atom stereocenters. The van der Waals surface area contributed by atoms with Crippen LogP contribution in [0, 0.1) is 19.8 Å². The number of aromatic nitrogens is 1. The molecule has 1 fully saturated rings. The molecule has 0 aliphatic carbocycles. The van der Waals surface area contributed by atoms with Crippen LogP contribution in [0.25, 0.3) is 11.1 Å². The van der Waals surface area contributed by atoms with E-state index in [1.54, 1.807) is 13.1 Å². The van der Waals surface area contributed by atoms with Gasteiger partial charge in [0.15, 0.2) is 5.58 Å². The lowest BCUT2D eigenvalue weighted by Crippen LogP contribution is -2.39. The number of aryl methyl sites for hydroxylation is 3. The van der Waals surface area contributed by atoms with Crippen molar-refractivity contribution in [2.75, 3.05) is 18.4 Å². The number of nitrogens with zero attached hydrogens (tertiary/aromatic N) is 2. The van der Waals surface area contributed by atoms with Gasteiger partial charge in [0, 0.05) is 38.3 Å². The number of rotatable bonds is 5. The maximum absolute atomic E-state index is 13.1. The average Bonchev–Trinajstić information content (AvgIpc) is 3.04. The molecule has 1 saturated heterocycles. The smallest absolute Gasteiger partial charge is 0.408 e. The fourth-order valence-electron chi connectivity index (χ4n) is 4.11. The maximum Gasteiger partial charge on any atom is 0.419 e. The maximum atomic E-state index is 13.1. The van der Waals surface area contributed by atoms with Crippen molar-refractivity contribution in [1.82, 2.24) is 8.87 Å². The topological polar surface area (TPSA) is 102 Å². The Labute approximate surface area is 186 Å². The Balaban J connectivity index is 1.39. The highest BCUT2D eigenvalue weighted by Gasteiger charge is 2.30. The first-order valence-electron chi connectivity index (χ1n) is 10.6. The quantitative estimate of drug-likeness (QED) is 0.634. The zero-order valence-electron chi connectivity index (χ0n) is 18.4. The van der Waals surface area contributed by atoms with E-state index in [1.165, 1.54) is 21.0 Å². The number of amides is 1. The molecule has 1 aliphatic rings. The average molecular weight is 458 g/mol. The minimum atomic E-state index is -3.71. The van der Waals surface area contributed by atoms with Gasteiger partial charge in [0.25, 0.3) is 0 Å². The molecule has 3 aromatic rings. The second-order valence-corrected chi connectivity index (χ2v) is 10.4. The standard InChI is InChI=1S/C23H27N3O5S/c1-15-4-5-16(2)19(12-15)24-22(27)13-17-8-10-26(11-9-17)32(29,30)18-6-7-20-21(14-18)31-23(28)25(20)3/h4-7,12,14,17H,8-11,13H2,1-3H3,(H,24,27). The van der Waals surface area contributed by atoms with Gasteiger partial charge in [0.05, 0.1) is 10.4 Å². The molecule has 2 aromatic carbocycles. The van der Waals surface area contributed by atoms with Gasteiger partial charge >= 0.3 is 5.76 Å². The summed E-state index contributed by atoms with van der Waals surface area (Å²) in [6, 6.07) is 10.4. The summed E-state index contributed by atoms with van der Waals surface area (Å²) in [5.41, 5.74) is 3.70. The van der Waals surface area contributed by atoms with E-state index in [2.05, 4.69) is 5.32 Å². The Morgan fingerprint density at radius 3 is 2.56 bits per heavy atom. The Morgan fingerprint density at radius 2 is 1.84 bits per heavy atom. The van der Waals surface area contributed by atoms with E-state index < -0.39 is 15.8 Å². The number of carbonyl (C=O) groups excluding carboxylic acids is 1. The van der Waals surface area contributed by atoms with Crippen LogP contribution >= 0.6 is 0 Å². The Kier molecular flexibility index (Phi) is 5.96. The van der Waals surface area contributed by atoms with Crippen LogP contribution in [0.5, 0.6) is 0 Å². The molecule has 0 saturated carbocycles. The monoisotopic (exact) mass is 457 g/mol. The molecule has 8 nitrogen and oxygen atoms in total. The van der Waals surface area contributed by atoms with Crippen molar-refractivity contribution in [2.24, 2.45) is 13.0 Å². The Hall–Kier alpha value is -2.91. The van der Waals surface area contributed by atoms with Gasteiger partial charge in [-0.1, -0.05) is 12.1 Å². The van der Waals surface area contributed by atoms with Crippen LogP contribution < -0.4 is 11.1 Å². The number of fused-ring (bicyclic) bond motifs is 1. The van der Waals surface area contributed by atoms with Crippen molar-refractivity contribution in [2.45, 2.75) is 38.0 Å². The van der Waals surface area contributed by atoms with E-state index in [-0.39, 0.29) is 22.3 Å². The summed E-state index contributed by atoms with van der Waals surface area (Å²) in [6.07, 6.45) is 1.59. The van der Waals surface area contributed by atoms with Crippen LogP contribution in [0.15, 0.2) is 50.5 Å². The molecule has 1 aliphatic heterocycles. The second kappa shape index (κ2) is 8.55. The first-order valence-corrected chi connectivity index (χ1v) is 12.1. The molecule has 170 valence electrons. The van der Waals surface area contributed by atoms with Gasteiger partial charge in [0.1, 0.15) is 0 Å². The van der Waals surface area contributed by atoms with Gasteiger partial charge in [-0.25, -0.2) is 13.2 Å². The lowest BCUT2D eigenvalue weighted by molar-refractivity contribution is -0.117. The minimum Gasteiger partial charge on any atom is -0.408 e. The number of carbonyl (C=O) groups is 1. The van der Waals surface area contributed by atoms with Gasteiger partial charge in [-0.2, -0.15) is 4.31 Å². The number of hydrogen-bond donors (Lipinski definition) is 1. The van der Waals surface area contributed by atoms with E-state index in [1.807, 2.05) is 32.0 Å². The molecule has 0 spiro atoms. The highest BCUT2D eigenvalue weighted by molar-refractivity contribution is 7.89. The summed E-state index contributed by atoms with van der Waals surface area (Å²) in [7, 11) is -2.13. The van der Waals surface area contributed by atoms with E-state index in [4.69, 9.17) is 4.42 Å². The summed E-state index contributed by atoms with van der Waals surface area (Å²) in [5, 5.41) is 2.98. The van der Waals surface area contributed by atoms with Crippen LogP contribution in [-0.2, 0) is 21.9 Å². The van der Waals surface area contributed by atoms with E-state index >= 15 is 0 Å². The third kappa shape index (κ3) is 4.35. The first kappa shape index (κ1) is 22.3. The third-order valence-electron chi connectivity index (χ3n) is 6.12. The molecule has 32 heavy (non-hydrogen) atoms. The zero-order valence-corrected chi connectivity index (χ0v) is 19.2. The number of piperidine rings is 1. The van der Waals surface area contributed by atoms with Crippen molar-refractivity contribution in [3.05, 3.63) is 58.1 Å². The van der Waals surface area contributed by atoms with Crippen molar-refractivity contribution in [1.29, 1.82) is 0 Å². The second-order valence-electron chi connectivity index (χ2n) is 8.47. The number of nitrogens with one attached hydrogen (secondary N) is 1. The van der Waals surface area contributed by atoms with Gasteiger partial charge in [-0.15, -0.1) is 0 Å². The first-order chi connectivity index (χ1) is 15.1. The molecule has 9 heteroatoms. The van der Waals surface area contributed by atoms with Crippen molar-refractivity contribution < 1.29 is 17.6 Å². The van der Waals surface area contributed by atoms with Gasteiger partial charge in [0.2, 0.25) is 15.9 Å². The summed E-state index contributed by atoms with van der Waals surface area (Å²) in [4.78, 5) is 24.3. The number of sulfonamides is 1. The van der Waals surface area contributed by atoms with E-state index in [0.717, 1.165) is 16.8 Å². The minimum absolute atomic E-state index is 0.0513. The molecular weight excluding hydrogens is 430 g/mol. The Morgan fingerprint density at radius 1 is 1.12 bits per heavy atom. The lowest BCUT2D eigenvalue weighted by atomic mass is 9.94. The Bertz CT molecular complexity index is 1330. The predicted molar refractivity (Wildman–Crippen MR) is 122 cm³/mol. The normalized spacial score (nSPS) is 15.8. The molecule has 1 aromatic heterocycles. The van der Waals surface area contributed by atoms with Crippen LogP contribution in [0.4, 0.5) is 5.69 Å². The van der Waals surface area contributed by atoms with Crippen molar-refractivity contribution in [3.63, 3.8) is 0 Å². The molecule has 2 heterocycles. The number of benzene rings is 2. The summed E-state index contributed by atoms with van der Waals surface area (Å²) in [6.45, 7) is 4.63. The highest BCUT2D eigenvalue weighted by Crippen LogP contribution is 2.28. The fraction of sp³-hybridized carbons (Fsp3) is 0.391. The van der Waals surface area contributed by atoms with Crippen molar-refractivity contribution >= 4 is 32.7 Å². The van der Waals surface area contributed by atoms with Crippen LogP contribution in [0.3, 0.4) is 0 Å². The number of oxazole rings is 1. The lowest BCUT2D eigenvalue weighted by Gasteiger charge is -2.31. The zero-order chi connectivity index (χ0) is 23.0. The molecule has 0 radical (unpaired) electrons. The number of hydrogen-bond acceptors (Lipinski definition) is 5. The van der Waals surface area contributed by atoms with Crippen LogP contribution in [0.2, 0.25) is 0 Å². The summed E-state index contributed by atoms with van der Waals surface area (Å²) < 4.78 is 34.1. The molecular formula is C23H27N3O5S. The predicted octanol–water partition coefficient (Wildman–Crippen LogP) is 3.18. The van der Waals surface area contributed by atoms with Crippen LogP contribution in [0.1, 0.15) is 30.4 Å². The molecule has 4 rings (SSSR count). The fourth-order valence-corrected chi connectivity index (χ4v) is 5.60. The highest BCUT2D eigenvalue weighted by atomic mass is 32.2. The van der Waals surface area contributed by atoms with Gasteiger partial charge in [-0.3, -0.25) is 9.36 Å². The van der Waals surface area contributed by atoms with Crippen LogP contribution in [-0.4, -0.2) is 36.3 Å². The van der Waals surface area contributed by atoms with E-state index in [9.17, 15) is 18.0 Å². The molecule has 1 amide bonds. The number of anilines is 1. The molecule has 0 bridgehead atoms. The van der Waals surface area contributed by atoms with Gasteiger partial charge < -0.3 is 9.73 Å². The van der Waals surface area contributed by atoms with Crippen molar-refractivity contribution in [3.8, 4) is 0 Å². The molecule has 1 N–H and O–H groups in total. The molecule has 0 unspecified atom stereocenters.